The second-order valence-electron chi connectivity index (χ2n) is 11.0. The van der Waals surface area contributed by atoms with E-state index >= 15 is 0 Å². The van der Waals surface area contributed by atoms with Gasteiger partial charge in [-0.05, 0) is 31.4 Å². The molecule has 0 spiro atoms. The van der Waals surface area contributed by atoms with E-state index in [-0.39, 0.29) is 65.4 Å². The highest BCUT2D eigenvalue weighted by molar-refractivity contribution is 8.00. The topological polar surface area (TPSA) is 252 Å². The predicted molar refractivity (Wildman–Crippen MR) is 160 cm³/mol. The number of carboxylic acid groups (broad SMARTS) is 1. The van der Waals surface area contributed by atoms with Crippen LogP contribution in [0.5, 0.6) is 0 Å². The number of Topliss-reactive ketones (excluding diaryl/α,β-unsaturated/α-hetero) is 1. The molecule has 0 aromatic carbocycles. The van der Waals surface area contributed by atoms with E-state index in [1.165, 1.54) is 29.7 Å². The van der Waals surface area contributed by atoms with Crippen LogP contribution >= 0.6 is 23.3 Å². The molecule has 2 aromatic heterocycles. The van der Waals surface area contributed by atoms with E-state index in [1.54, 1.807) is 4.90 Å². The summed E-state index contributed by atoms with van der Waals surface area (Å²) in [6, 6.07) is -0.286. The van der Waals surface area contributed by atoms with Crippen molar-refractivity contribution in [3.8, 4) is 0 Å². The number of hydrogen-bond acceptors (Lipinski definition) is 16. The Hall–Kier alpha value is -4.98. The number of aryl methyl sites for hydroxylation is 1. The number of nitrogen functional groups attached to an aromatic ring is 1. The smallest absolute Gasteiger partial charge is 0.477 e. The van der Waals surface area contributed by atoms with Crippen LogP contribution < -0.4 is 11.6 Å². The number of nitrogens with zero attached hydrogens (tertiary/aromatic N) is 6. The van der Waals surface area contributed by atoms with Gasteiger partial charge < -0.3 is 39.4 Å². The highest BCUT2D eigenvalue weighted by Gasteiger charge is 2.54. The molecule has 3 saturated heterocycles. The zero-order valence-corrected chi connectivity index (χ0v) is 26.2. The number of anilines is 1. The maximum atomic E-state index is 13.4. The molecule has 20 heteroatoms. The fourth-order valence-electron chi connectivity index (χ4n) is 5.96. The number of ether oxygens (including phenoxy) is 1. The van der Waals surface area contributed by atoms with Crippen LogP contribution in [0.3, 0.4) is 0 Å². The van der Waals surface area contributed by atoms with Crippen molar-refractivity contribution >= 4 is 63.8 Å². The van der Waals surface area contributed by atoms with E-state index in [0.29, 0.717) is 37.1 Å². The number of carbonyl (C=O) groups excluding carboxylic acids is 4. The van der Waals surface area contributed by atoms with E-state index in [4.69, 9.17) is 19.3 Å². The zero-order chi connectivity index (χ0) is 33.6. The van der Waals surface area contributed by atoms with Crippen molar-refractivity contribution in [3.63, 3.8) is 0 Å². The number of nitrogens with two attached hydrogens (primary N) is 1. The summed E-state index contributed by atoms with van der Waals surface area (Å²) in [5, 5.41) is 21.8. The maximum Gasteiger partial charge on any atom is 0.519 e. The number of β-lactam (4-membered cyclic amide) rings is 1. The van der Waals surface area contributed by atoms with Crippen molar-refractivity contribution in [3.05, 3.63) is 50.9 Å². The van der Waals surface area contributed by atoms with E-state index < -0.39 is 46.6 Å². The van der Waals surface area contributed by atoms with Crippen LogP contribution in [0.1, 0.15) is 36.6 Å². The molecule has 0 saturated carbocycles. The lowest BCUT2D eigenvalue weighted by atomic mass is 9.89. The monoisotopic (exact) mass is 689 g/mol. The van der Waals surface area contributed by atoms with Crippen LogP contribution in [0.2, 0.25) is 0 Å². The highest BCUT2D eigenvalue weighted by Crippen LogP contribution is 2.46. The number of allylic oxidation sites excluding steroid dienone is 1. The summed E-state index contributed by atoms with van der Waals surface area (Å²) >= 11 is 2.06. The van der Waals surface area contributed by atoms with Crippen LogP contribution in [-0.4, -0.2) is 107 Å². The minimum Gasteiger partial charge on any atom is -0.477 e. The number of rotatable bonds is 9. The van der Waals surface area contributed by atoms with Crippen LogP contribution in [0, 0.1) is 12.8 Å². The molecule has 0 aliphatic carbocycles. The van der Waals surface area contributed by atoms with Crippen molar-refractivity contribution < 1.29 is 47.9 Å². The molecule has 248 valence electrons. The minimum atomic E-state index is -1.35. The van der Waals surface area contributed by atoms with Gasteiger partial charge >= 0.3 is 17.9 Å². The lowest BCUT2D eigenvalue weighted by Crippen LogP contribution is -2.62. The zero-order valence-electron chi connectivity index (χ0n) is 24.6. The summed E-state index contributed by atoms with van der Waals surface area (Å²) in [6.07, 6.45) is 1.37. The van der Waals surface area contributed by atoms with Crippen LogP contribution in [0.4, 0.5) is 9.93 Å². The number of ketones is 1. The van der Waals surface area contributed by atoms with Gasteiger partial charge in [0.15, 0.2) is 34.8 Å². The number of hydrogen-bond donors (Lipinski definition) is 3. The quantitative estimate of drug-likeness (QED) is 0.107. The normalized spacial score (nSPS) is 23.9. The number of oxime groups is 1. The van der Waals surface area contributed by atoms with Crippen LogP contribution in [0.15, 0.2) is 41.7 Å². The Kier molecular flexibility index (Phi) is 8.62. The second-order valence-corrected chi connectivity index (χ2v) is 12.9. The molecule has 47 heavy (non-hydrogen) atoms. The van der Waals surface area contributed by atoms with Crippen molar-refractivity contribution in [2.45, 2.75) is 44.2 Å². The van der Waals surface area contributed by atoms with Gasteiger partial charge in [-0.15, -0.1) is 11.8 Å². The summed E-state index contributed by atoms with van der Waals surface area (Å²) in [5.74, 6) is -4.38. The fraction of sp³-hybridized carbons (Fsp3) is 0.444. The number of aromatic nitrogens is 2. The Bertz CT molecular complexity index is 1830. The summed E-state index contributed by atoms with van der Waals surface area (Å²) in [6.45, 7) is 2.17. The molecular weight excluding hydrogens is 662 g/mol. The predicted octanol–water partition coefficient (Wildman–Crippen LogP) is 0.552. The van der Waals surface area contributed by atoms with Gasteiger partial charge in [-0.3, -0.25) is 19.3 Å². The summed E-state index contributed by atoms with van der Waals surface area (Å²) in [5.41, 5.74) is 5.50. The molecular formula is C27H27N7O11S2. The standard InChI is InChI=1S/C27H27N7O11S2/c1-11-17(45-27(41)44-11)9-43-26(40)32-4-3-14(8-32)33-5-2-12(21(33)36)6-13-10-46-23-15(22(37)34(23)19(13)24(38)39)7-16(35)18(30-42)20-29-25(28)47-31-20/h6,14-15,23,42H,2-5,7-10H2,1H3,(H,38,39)(H2,28,29,31)/b12-6+,30-18-/t14-,15?,23-/m1/s1. The summed E-state index contributed by atoms with van der Waals surface area (Å²) in [4.78, 5) is 83.6. The Morgan fingerprint density at radius 3 is 2.66 bits per heavy atom. The molecule has 3 atom stereocenters. The maximum absolute atomic E-state index is 13.4. The average Bonchev–Trinajstić information content (AvgIpc) is 3.83. The number of amides is 3. The number of thioether (sulfide) groups is 1. The number of fused-ring (bicyclic) bond motifs is 1. The lowest BCUT2D eigenvalue weighted by Gasteiger charge is -2.49. The first-order valence-electron chi connectivity index (χ1n) is 14.2. The van der Waals surface area contributed by atoms with Gasteiger partial charge in [0.25, 0.3) is 0 Å². The molecule has 0 bridgehead atoms. The SMILES string of the molecule is Cc1oc(=O)oc1COC(=O)N1CC[C@@H](N2CC/C(=C\C3=C(C(=O)O)N4C(=O)C(CC(=O)/C(=N/O)c5nsc(N)n5)[C@H]4SC3)C2=O)C1. The first-order valence-corrected chi connectivity index (χ1v) is 16.1. The highest BCUT2D eigenvalue weighted by atomic mass is 32.2. The minimum absolute atomic E-state index is 0.0602. The molecule has 2 aromatic rings. The lowest BCUT2D eigenvalue weighted by molar-refractivity contribution is -0.153. The van der Waals surface area contributed by atoms with Crippen molar-refractivity contribution in [2.24, 2.45) is 11.1 Å². The molecule has 6 heterocycles. The first kappa shape index (κ1) is 32.0. The fourth-order valence-corrected chi connectivity index (χ4v) is 7.76. The molecule has 1 unspecified atom stereocenters. The third-order valence-corrected chi connectivity index (χ3v) is 10.2. The van der Waals surface area contributed by atoms with E-state index in [2.05, 4.69) is 14.5 Å². The Balaban J connectivity index is 1.09. The van der Waals surface area contributed by atoms with Gasteiger partial charge in [-0.25, -0.2) is 14.4 Å². The Labute approximate surface area is 272 Å². The second kappa shape index (κ2) is 12.7. The number of carboxylic acids is 1. The molecule has 18 nitrogen and oxygen atoms in total. The molecule has 4 aliphatic rings. The molecule has 3 fully saturated rings. The number of aliphatic carboxylic acids is 1. The third-order valence-electron chi connectivity index (χ3n) is 8.26. The van der Waals surface area contributed by atoms with Crippen molar-refractivity contribution in [1.82, 2.24) is 24.1 Å². The number of carbonyl (C=O) groups is 5. The van der Waals surface area contributed by atoms with E-state index in [0.717, 1.165) is 16.4 Å². The number of likely N-dealkylation sites (tertiary alicyclic amines) is 2. The summed E-state index contributed by atoms with van der Waals surface area (Å²) in [7, 11) is 0. The molecule has 4 N–H and O–H groups in total. The van der Waals surface area contributed by atoms with Gasteiger partial charge in [0, 0.05) is 48.9 Å². The van der Waals surface area contributed by atoms with Crippen LogP contribution in [-0.2, 0) is 30.5 Å². The summed E-state index contributed by atoms with van der Waals surface area (Å²) < 4.78 is 18.7. The van der Waals surface area contributed by atoms with Gasteiger partial charge in [-0.1, -0.05) is 5.16 Å². The average molecular weight is 690 g/mol. The first-order chi connectivity index (χ1) is 22.5. The van der Waals surface area contributed by atoms with Gasteiger partial charge in [-0.2, -0.15) is 9.36 Å². The van der Waals surface area contributed by atoms with E-state index in [1.807, 2.05) is 0 Å². The molecule has 6 rings (SSSR count). The molecule has 0 radical (unpaired) electrons. The Morgan fingerprint density at radius 1 is 1.21 bits per heavy atom. The van der Waals surface area contributed by atoms with Gasteiger partial charge in [0.1, 0.15) is 5.70 Å². The Morgan fingerprint density at radius 2 is 2.00 bits per heavy atom. The molecule has 3 amide bonds. The van der Waals surface area contributed by atoms with Crippen LogP contribution in [0.25, 0.3) is 0 Å². The molecule has 4 aliphatic heterocycles. The van der Waals surface area contributed by atoms with Gasteiger partial charge in [0.05, 0.1) is 17.3 Å². The van der Waals surface area contributed by atoms with E-state index in [9.17, 15) is 39.1 Å². The third kappa shape index (κ3) is 6.00. The van der Waals surface area contributed by atoms with Crippen molar-refractivity contribution in [1.29, 1.82) is 0 Å². The van der Waals surface area contributed by atoms with Crippen molar-refractivity contribution in [2.75, 3.05) is 31.1 Å². The largest absolute Gasteiger partial charge is 0.519 e. The van der Waals surface area contributed by atoms with Gasteiger partial charge in [0.2, 0.25) is 17.6 Å².